The van der Waals surface area contributed by atoms with E-state index in [1.807, 2.05) is 18.2 Å². The van der Waals surface area contributed by atoms with Crippen LogP contribution < -0.4 is 52.5 Å². The van der Waals surface area contributed by atoms with Crippen molar-refractivity contribution in [3.63, 3.8) is 0 Å². The van der Waals surface area contributed by atoms with Crippen LogP contribution in [0.15, 0.2) is 231 Å². The minimum atomic E-state index is -4.44. The van der Waals surface area contributed by atoms with Gasteiger partial charge in [-0.25, -0.2) is 0 Å². The van der Waals surface area contributed by atoms with Crippen molar-refractivity contribution < 1.29 is 66.1 Å². The molecular weight excluding hydrogens is 1240 g/mol. The molecule has 0 aliphatic carbocycles. The SMILES string of the molecule is COC(=O)C[C@H](CCI)c1cccc(C(F)(F)F)c1.COC(=O)C[C@H](CC[I-][P+](c1ccccc1)(c1ccccc1)c1ccccc1)c1cccc(C(F)(F)F)c1.c1ccc(P(c2ccccc2)c2ccccc2)cc1. The van der Waals surface area contributed by atoms with Crippen LogP contribution in [0.25, 0.3) is 0 Å². The van der Waals surface area contributed by atoms with Crippen LogP contribution in [-0.4, -0.2) is 35.0 Å². The number of hydrogen-bond donors (Lipinski definition) is 0. The number of rotatable bonds is 18. The van der Waals surface area contributed by atoms with Crippen molar-refractivity contribution in [2.24, 2.45) is 0 Å². The second-order valence-electron chi connectivity index (χ2n) is 17.2. The number of carbonyl (C=O) groups is 2. The molecule has 0 saturated carbocycles. The molecule has 0 aromatic heterocycles. The number of halogens is 8. The van der Waals surface area contributed by atoms with Gasteiger partial charge in [-0.2, -0.15) is 13.2 Å². The maximum absolute atomic E-state index is 13.4. The summed E-state index contributed by atoms with van der Waals surface area (Å²) < 4.78 is 89.4. The maximum Gasteiger partial charge on any atom is -0.0134 e. The zero-order valence-electron chi connectivity index (χ0n) is 41.9. The fourth-order valence-electron chi connectivity index (χ4n) is 8.45. The Morgan fingerprint density at radius 1 is 0.474 bits per heavy atom. The van der Waals surface area contributed by atoms with Crippen molar-refractivity contribution in [3.8, 4) is 0 Å². The third-order valence-corrected chi connectivity index (χ3v) is 29.0. The van der Waals surface area contributed by atoms with E-state index in [0.717, 1.165) is 27.1 Å². The molecule has 0 radical (unpaired) electrons. The van der Waals surface area contributed by atoms with Gasteiger partial charge in [0.2, 0.25) is 0 Å². The van der Waals surface area contributed by atoms with Crippen molar-refractivity contribution in [1.29, 1.82) is 0 Å². The first kappa shape index (κ1) is 59.8. The van der Waals surface area contributed by atoms with Gasteiger partial charge < -0.3 is 4.74 Å². The van der Waals surface area contributed by atoms with Crippen LogP contribution in [0, 0.1) is 0 Å². The van der Waals surface area contributed by atoms with E-state index >= 15 is 0 Å². The predicted octanol–water partition coefficient (Wildman–Crippen LogP) is 11.4. The number of methoxy groups -OCH3 is 2. The smallest absolute Gasteiger partial charge is 0.0134 e. The molecule has 0 unspecified atom stereocenters. The third-order valence-electron chi connectivity index (χ3n) is 12.2. The molecule has 76 heavy (non-hydrogen) atoms. The molecule has 0 fully saturated rings. The first-order valence-electron chi connectivity index (χ1n) is 24.3. The van der Waals surface area contributed by atoms with Crippen molar-refractivity contribution in [2.45, 2.75) is 49.9 Å². The molecule has 0 N–H and O–H groups in total. The minimum Gasteiger partial charge on any atom is -0.0622 e. The van der Waals surface area contributed by atoms with E-state index in [2.05, 4.69) is 191 Å². The van der Waals surface area contributed by atoms with Gasteiger partial charge in [-0.1, -0.05) is 132 Å². The molecule has 0 saturated heterocycles. The van der Waals surface area contributed by atoms with Crippen LogP contribution in [0.3, 0.4) is 0 Å². The molecule has 2 atom stereocenters. The van der Waals surface area contributed by atoms with Crippen LogP contribution in [0.5, 0.6) is 0 Å². The van der Waals surface area contributed by atoms with E-state index in [-0.39, 0.29) is 24.7 Å². The maximum atomic E-state index is 13.4. The van der Waals surface area contributed by atoms with E-state index in [4.69, 9.17) is 4.74 Å². The first-order chi connectivity index (χ1) is 36.7. The Labute approximate surface area is 467 Å². The Bertz CT molecular complexity index is 2780. The third kappa shape index (κ3) is 17.3. The summed E-state index contributed by atoms with van der Waals surface area (Å²) >= 11 is 1.62. The van der Waals surface area contributed by atoms with Gasteiger partial charge in [0.05, 0.1) is 19.1 Å². The molecule has 0 bridgehead atoms. The largest absolute Gasteiger partial charge is 0.0622 e. The summed E-state index contributed by atoms with van der Waals surface area (Å²) in [5, 5.41) is 8.09. The average molecular weight is 1300 g/mol. The van der Waals surface area contributed by atoms with Crippen molar-refractivity contribution in [2.75, 3.05) is 23.1 Å². The molecule has 4 nitrogen and oxygen atoms in total. The van der Waals surface area contributed by atoms with Gasteiger partial charge in [0, 0.05) is 4.43 Å². The summed E-state index contributed by atoms with van der Waals surface area (Å²) in [6, 6.07) is 74.5. The average Bonchev–Trinajstić information content (AvgIpc) is 3.46. The monoisotopic (exact) mass is 1300 g/mol. The molecule has 396 valence electrons. The van der Waals surface area contributed by atoms with E-state index in [1.54, 1.807) is 12.1 Å². The fraction of sp³-hybridized carbons (Fsp3) is 0.194. The number of ether oxygens (including phenoxy) is 2. The number of hydrogen-bond acceptors (Lipinski definition) is 4. The quantitative estimate of drug-likeness (QED) is 0.0282. The van der Waals surface area contributed by atoms with Crippen LogP contribution in [0.4, 0.5) is 26.3 Å². The van der Waals surface area contributed by atoms with Crippen LogP contribution >= 0.6 is 35.4 Å². The van der Waals surface area contributed by atoms with E-state index in [1.165, 1.54) is 64.2 Å². The molecule has 0 heterocycles. The topological polar surface area (TPSA) is 52.6 Å². The van der Waals surface area contributed by atoms with Crippen molar-refractivity contribution in [3.05, 3.63) is 253 Å². The van der Waals surface area contributed by atoms with Gasteiger partial charge in [-0.05, 0) is 47.8 Å². The minimum absolute atomic E-state index is 0.0506. The van der Waals surface area contributed by atoms with Crippen molar-refractivity contribution in [1.82, 2.24) is 0 Å². The van der Waals surface area contributed by atoms with Gasteiger partial charge in [-0.3, -0.25) is 4.79 Å². The second-order valence-corrected chi connectivity index (χ2v) is 30.9. The molecule has 8 rings (SSSR count). The summed E-state index contributed by atoms with van der Waals surface area (Å²) in [5.74, 6) is -1.42. The van der Waals surface area contributed by atoms with Crippen molar-refractivity contribution >= 4 is 79.2 Å². The molecule has 0 spiro atoms. The number of alkyl halides is 8. The van der Waals surface area contributed by atoms with Crippen LogP contribution in [0.1, 0.15) is 59.8 Å². The number of benzene rings is 8. The summed E-state index contributed by atoms with van der Waals surface area (Å²) in [6.07, 6.45) is -7.41. The summed E-state index contributed by atoms with van der Waals surface area (Å²) in [4.78, 5) is 21.6. The van der Waals surface area contributed by atoms with E-state index in [0.29, 0.717) is 24.0 Å². The Kier molecular flexibility index (Phi) is 23.6. The number of carbonyl (C=O) groups excluding carboxylic acids is 2. The molecule has 0 amide bonds. The van der Waals surface area contributed by atoms with Crippen LogP contribution in [0.2, 0.25) is 0 Å². The van der Waals surface area contributed by atoms with Gasteiger partial charge >= 0.3 is 245 Å². The van der Waals surface area contributed by atoms with Gasteiger partial charge in [0.1, 0.15) is 0 Å². The second kappa shape index (κ2) is 29.9. The van der Waals surface area contributed by atoms with Crippen LogP contribution in [-0.2, 0) is 31.4 Å². The molecular formula is C62H58F6I2O4P2. The molecule has 0 aliphatic heterocycles. The summed E-state index contributed by atoms with van der Waals surface area (Å²) in [7, 11) is 2.14. The Morgan fingerprint density at radius 3 is 1.09 bits per heavy atom. The van der Waals surface area contributed by atoms with E-state index in [9.17, 15) is 35.9 Å². The summed E-state index contributed by atoms with van der Waals surface area (Å²) in [6.45, 7) is 0. The molecule has 0 aliphatic rings. The normalized spacial score (nSPS) is 12.3. The van der Waals surface area contributed by atoms with Gasteiger partial charge in [0.25, 0.3) is 0 Å². The number of esters is 2. The fourth-order valence-corrected chi connectivity index (χ4v) is 25.1. The standard InChI is InChI=1S/C31H29F3IO2P.C18H15P.C13H14F3IO2/c1-37-30(36)23-25(24-12-11-13-26(22-24)31(32,33)34)20-21-35-38(27-14-5-2-6-15-27,28-16-7-3-8-17-28)29-18-9-4-10-19-29;1-4-10-16(11-5-1)19(17-12-6-2-7-13-17)18-14-8-3-9-15-18;1-19-12(18)8-10(5-6-17)9-3-2-4-11(7-9)13(14,15)16/h2-19,22,25H,20-21,23H2,1H3;1-15H;2-4,7,10H,5-6,8H2,1H3/t25-;;10-/m0.0/s1. The molecule has 14 heteroatoms. The Morgan fingerprint density at radius 2 is 0.789 bits per heavy atom. The Hall–Kier alpha value is -5.40. The predicted molar refractivity (Wildman–Crippen MR) is 305 cm³/mol. The summed E-state index contributed by atoms with van der Waals surface area (Å²) in [5.41, 5.74) is -0.332. The Balaban J connectivity index is 0.000000206. The molecule has 8 aromatic rings. The first-order valence-corrected chi connectivity index (χ1v) is 33.3. The van der Waals surface area contributed by atoms with E-state index < -0.39 is 68.9 Å². The van der Waals surface area contributed by atoms with Gasteiger partial charge in [-0.15, -0.1) is 0 Å². The van der Waals surface area contributed by atoms with Gasteiger partial charge in [0.15, 0.2) is 0 Å². The molecule has 8 aromatic carbocycles. The zero-order valence-corrected chi connectivity index (χ0v) is 48.0. The zero-order chi connectivity index (χ0) is 54.4.